The van der Waals surface area contributed by atoms with Crippen LogP contribution in [0.15, 0.2) is 42.5 Å². The maximum absolute atomic E-state index is 13.3. The van der Waals surface area contributed by atoms with Crippen LogP contribution in [0.2, 0.25) is 0 Å². The van der Waals surface area contributed by atoms with Gasteiger partial charge in [-0.1, -0.05) is 41.2 Å². The summed E-state index contributed by atoms with van der Waals surface area (Å²) in [6.45, 7) is 5.94. The third kappa shape index (κ3) is 4.77. The highest BCUT2D eigenvalue weighted by Gasteiger charge is 2.26. The number of fused-ring (bicyclic) bond motifs is 1. The van der Waals surface area contributed by atoms with E-state index in [9.17, 15) is 4.79 Å². The van der Waals surface area contributed by atoms with Gasteiger partial charge in [-0.15, -0.1) is 0 Å². The van der Waals surface area contributed by atoms with E-state index in [1.807, 2.05) is 55.1 Å². The first-order valence-corrected chi connectivity index (χ1v) is 10.9. The second-order valence-corrected chi connectivity index (χ2v) is 8.37. The van der Waals surface area contributed by atoms with Crippen LogP contribution < -0.4 is 9.64 Å². The van der Waals surface area contributed by atoms with Crippen molar-refractivity contribution >= 4 is 32.6 Å². The standard InChI is InChI=1S/C23H26N2O3S/c1-3-27-18-9-10-20-21(14-18)29-23(24-20)25(15-19-8-5-11-28-19)22(26)13-17-7-4-6-16(2)12-17/h4,6-7,9-10,12,14,19H,3,5,8,11,13,15H2,1-2H3. The molecule has 0 N–H and O–H groups in total. The lowest BCUT2D eigenvalue weighted by molar-refractivity contribution is -0.118. The summed E-state index contributed by atoms with van der Waals surface area (Å²) < 4.78 is 12.4. The largest absolute Gasteiger partial charge is 0.494 e. The van der Waals surface area contributed by atoms with E-state index in [-0.39, 0.29) is 12.0 Å². The van der Waals surface area contributed by atoms with Crippen LogP contribution in [0.1, 0.15) is 30.9 Å². The van der Waals surface area contributed by atoms with Crippen molar-refractivity contribution in [1.82, 2.24) is 4.98 Å². The van der Waals surface area contributed by atoms with E-state index in [0.717, 1.165) is 51.7 Å². The summed E-state index contributed by atoms with van der Waals surface area (Å²) in [5, 5.41) is 0.724. The van der Waals surface area contributed by atoms with Crippen LogP contribution in [0, 0.1) is 6.92 Å². The summed E-state index contributed by atoms with van der Waals surface area (Å²) in [7, 11) is 0. The van der Waals surface area contributed by atoms with Crippen LogP contribution in [0.3, 0.4) is 0 Å². The molecule has 1 aliphatic rings. The number of carbonyl (C=O) groups is 1. The number of carbonyl (C=O) groups excluding carboxylic acids is 1. The molecule has 0 radical (unpaired) electrons. The number of benzene rings is 2. The van der Waals surface area contributed by atoms with Gasteiger partial charge < -0.3 is 9.47 Å². The van der Waals surface area contributed by atoms with Gasteiger partial charge in [0.2, 0.25) is 5.91 Å². The minimum absolute atomic E-state index is 0.0511. The molecule has 1 aromatic heterocycles. The topological polar surface area (TPSA) is 51.7 Å². The molecule has 1 saturated heterocycles. The van der Waals surface area contributed by atoms with Gasteiger partial charge in [-0.3, -0.25) is 9.69 Å². The van der Waals surface area contributed by atoms with Gasteiger partial charge in [-0.2, -0.15) is 0 Å². The number of nitrogens with zero attached hydrogens (tertiary/aromatic N) is 2. The maximum atomic E-state index is 13.3. The second kappa shape index (κ2) is 8.93. The van der Waals surface area contributed by atoms with Crippen molar-refractivity contribution in [3.8, 4) is 5.75 Å². The van der Waals surface area contributed by atoms with Gasteiger partial charge in [-0.05, 0) is 50.5 Å². The van der Waals surface area contributed by atoms with E-state index in [1.54, 1.807) is 0 Å². The van der Waals surface area contributed by atoms with E-state index in [2.05, 4.69) is 6.07 Å². The smallest absolute Gasteiger partial charge is 0.233 e. The summed E-state index contributed by atoms with van der Waals surface area (Å²) in [6.07, 6.45) is 2.45. The Morgan fingerprint density at radius 1 is 1.31 bits per heavy atom. The zero-order valence-electron chi connectivity index (χ0n) is 16.9. The molecule has 1 atom stereocenters. The van der Waals surface area contributed by atoms with E-state index in [4.69, 9.17) is 14.5 Å². The van der Waals surface area contributed by atoms with Crippen LogP contribution in [-0.2, 0) is 16.0 Å². The summed E-state index contributed by atoms with van der Waals surface area (Å²) in [6, 6.07) is 14.0. The van der Waals surface area contributed by atoms with Crippen LogP contribution in [-0.4, -0.2) is 36.8 Å². The first-order chi connectivity index (χ1) is 14.1. The predicted octanol–water partition coefficient (Wildman–Crippen LogP) is 4.76. The van der Waals surface area contributed by atoms with E-state index < -0.39 is 0 Å². The molecular formula is C23H26N2O3S. The number of ether oxygens (including phenoxy) is 2. The van der Waals surface area contributed by atoms with Crippen molar-refractivity contribution < 1.29 is 14.3 Å². The zero-order valence-corrected chi connectivity index (χ0v) is 17.7. The number of hydrogen-bond acceptors (Lipinski definition) is 5. The molecule has 3 aromatic rings. The highest BCUT2D eigenvalue weighted by molar-refractivity contribution is 7.22. The van der Waals surface area contributed by atoms with Crippen molar-refractivity contribution in [2.45, 2.75) is 39.2 Å². The zero-order chi connectivity index (χ0) is 20.2. The highest BCUT2D eigenvalue weighted by Crippen LogP contribution is 2.32. The molecule has 0 aliphatic carbocycles. The van der Waals surface area contributed by atoms with E-state index in [0.29, 0.717) is 19.6 Å². The van der Waals surface area contributed by atoms with Crippen LogP contribution in [0.5, 0.6) is 5.75 Å². The number of hydrogen-bond donors (Lipinski definition) is 0. The Hall–Kier alpha value is -2.44. The maximum Gasteiger partial charge on any atom is 0.233 e. The average Bonchev–Trinajstić information content (AvgIpc) is 3.35. The van der Waals surface area contributed by atoms with Crippen molar-refractivity contribution in [2.24, 2.45) is 0 Å². The van der Waals surface area contributed by atoms with E-state index >= 15 is 0 Å². The van der Waals surface area contributed by atoms with Gasteiger partial charge in [0.05, 0.1) is 35.9 Å². The van der Waals surface area contributed by atoms with Gasteiger partial charge in [0.25, 0.3) is 0 Å². The highest BCUT2D eigenvalue weighted by atomic mass is 32.1. The van der Waals surface area contributed by atoms with Crippen molar-refractivity contribution in [3.05, 3.63) is 53.6 Å². The molecule has 2 heterocycles. The first kappa shape index (κ1) is 19.9. The van der Waals surface area contributed by atoms with Crippen molar-refractivity contribution in [2.75, 3.05) is 24.7 Å². The predicted molar refractivity (Wildman–Crippen MR) is 117 cm³/mol. The molecule has 5 nitrogen and oxygen atoms in total. The Morgan fingerprint density at radius 3 is 2.97 bits per heavy atom. The molecular weight excluding hydrogens is 384 g/mol. The summed E-state index contributed by atoms with van der Waals surface area (Å²) in [5.41, 5.74) is 3.06. The minimum atomic E-state index is 0.0511. The van der Waals surface area contributed by atoms with Gasteiger partial charge in [-0.25, -0.2) is 4.98 Å². The second-order valence-electron chi connectivity index (χ2n) is 7.36. The number of amides is 1. The fourth-order valence-corrected chi connectivity index (χ4v) is 4.66. The third-order valence-corrected chi connectivity index (χ3v) is 6.08. The number of anilines is 1. The number of aryl methyl sites for hydroxylation is 1. The number of aromatic nitrogens is 1. The van der Waals surface area contributed by atoms with Gasteiger partial charge in [0.1, 0.15) is 5.75 Å². The Kier molecular flexibility index (Phi) is 6.11. The summed E-state index contributed by atoms with van der Waals surface area (Å²) >= 11 is 1.53. The van der Waals surface area contributed by atoms with Gasteiger partial charge in [0.15, 0.2) is 5.13 Å². The summed E-state index contributed by atoms with van der Waals surface area (Å²) in [4.78, 5) is 19.8. The molecule has 1 fully saturated rings. The molecule has 1 unspecified atom stereocenters. The van der Waals surface area contributed by atoms with E-state index in [1.165, 1.54) is 11.3 Å². The van der Waals surface area contributed by atoms with Crippen LogP contribution >= 0.6 is 11.3 Å². The molecule has 152 valence electrons. The Labute approximate surface area is 175 Å². The first-order valence-electron chi connectivity index (χ1n) is 10.1. The third-order valence-electron chi connectivity index (χ3n) is 5.04. The average molecular weight is 411 g/mol. The van der Waals surface area contributed by atoms with Crippen molar-refractivity contribution in [1.29, 1.82) is 0 Å². The summed E-state index contributed by atoms with van der Waals surface area (Å²) in [5.74, 6) is 0.877. The molecule has 4 rings (SSSR count). The Bertz CT molecular complexity index is 995. The molecule has 1 amide bonds. The molecule has 29 heavy (non-hydrogen) atoms. The fraction of sp³-hybridized carbons (Fsp3) is 0.391. The lowest BCUT2D eigenvalue weighted by atomic mass is 10.1. The van der Waals surface area contributed by atoms with Crippen molar-refractivity contribution in [3.63, 3.8) is 0 Å². The molecule has 2 aromatic carbocycles. The molecule has 0 saturated carbocycles. The quantitative estimate of drug-likeness (QED) is 0.564. The Morgan fingerprint density at radius 2 is 2.21 bits per heavy atom. The van der Waals surface area contributed by atoms with Gasteiger partial charge in [0, 0.05) is 6.61 Å². The normalized spacial score (nSPS) is 16.3. The minimum Gasteiger partial charge on any atom is -0.494 e. The Balaban J connectivity index is 1.62. The van der Waals surface area contributed by atoms with Crippen LogP contribution in [0.4, 0.5) is 5.13 Å². The fourth-order valence-electron chi connectivity index (χ4n) is 3.64. The molecule has 1 aliphatic heterocycles. The number of thiazole rings is 1. The molecule has 0 spiro atoms. The lowest BCUT2D eigenvalue weighted by Crippen LogP contribution is -2.38. The molecule has 6 heteroatoms. The molecule has 0 bridgehead atoms. The van der Waals surface area contributed by atoms with Crippen LogP contribution in [0.25, 0.3) is 10.2 Å². The lowest BCUT2D eigenvalue weighted by Gasteiger charge is -2.23. The monoisotopic (exact) mass is 410 g/mol. The van der Waals surface area contributed by atoms with Gasteiger partial charge >= 0.3 is 0 Å². The number of rotatable bonds is 7. The SMILES string of the molecule is CCOc1ccc2nc(N(CC3CCCO3)C(=O)Cc3cccc(C)c3)sc2c1.